The molecule has 0 aliphatic heterocycles. The van der Waals surface area contributed by atoms with Crippen LogP contribution in [-0.4, -0.2) is 17.9 Å². The molecule has 8 heteroatoms. The van der Waals surface area contributed by atoms with Crippen LogP contribution in [0.2, 0.25) is 10.0 Å². The van der Waals surface area contributed by atoms with Crippen molar-refractivity contribution >= 4 is 57.4 Å². The minimum atomic E-state index is -0.791. The van der Waals surface area contributed by atoms with E-state index in [0.29, 0.717) is 32.8 Å². The van der Waals surface area contributed by atoms with Gasteiger partial charge in [-0.05, 0) is 61.5 Å². The Labute approximate surface area is 194 Å². The number of carbonyl (C=O) groups excluding carboxylic acids is 2. The fourth-order valence-electron chi connectivity index (χ4n) is 2.98. The highest BCUT2D eigenvalue weighted by molar-refractivity contribution is 6.35. The van der Waals surface area contributed by atoms with Gasteiger partial charge >= 0.3 is 0 Å². The number of ether oxygens (including phenoxy) is 1. The fourth-order valence-corrected chi connectivity index (χ4v) is 3.44. The number of nitrogens with one attached hydrogen (secondary N) is 2. The van der Waals surface area contributed by atoms with E-state index in [-0.39, 0.29) is 17.6 Å². The molecule has 4 rings (SSSR count). The van der Waals surface area contributed by atoms with Crippen LogP contribution in [0.3, 0.4) is 0 Å². The Bertz CT molecular complexity index is 1250. The average molecular weight is 469 g/mol. The second-order valence-electron chi connectivity index (χ2n) is 7.00. The SMILES string of the molecule is C[C@@H](Oc1ccc(Cl)cc1Cl)C(=O)Nc1ccc(NC(=O)c2cc3ccccc3o2)cc1. The predicted octanol–water partition coefficient (Wildman–Crippen LogP) is 6.40. The van der Waals surface area contributed by atoms with Gasteiger partial charge in [-0.15, -0.1) is 0 Å². The van der Waals surface area contributed by atoms with Crippen LogP contribution in [0.15, 0.2) is 77.2 Å². The summed E-state index contributed by atoms with van der Waals surface area (Å²) in [6.45, 7) is 1.61. The molecule has 2 N–H and O–H groups in total. The van der Waals surface area contributed by atoms with Crippen molar-refractivity contribution < 1.29 is 18.7 Å². The van der Waals surface area contributed by atoms with Crippen molar-refractivity contribution in [2.45, 2.75) is 13.0 Å². The molecule has 0 radical (unpaired) electrons. The van der Waals surface area contributed by atoms with Crippen molar-refractivity contribution in [3.05, 3.63) is 88.6 Å². The van der Waals surface area contributed by atoms with Gasteiger partial charge in [-0.25, -0.2) is 0 Å². The summed E-state index contributed by atoms with van der Waals surface area (Å²) in [4.78, 5) is 24.9. The van der Waals surface area contributed by atoms with Crippen molar-refractivity contribution in [1.82, 2.24) is 0 Å². The van der Waals surface area contributed by atoms with Gasteiger partial charge in [0.05, 0.1) is 5.02 Å². The van der Waals surface area contributed by atoms with Crippen molar-refractivity contribution in [1.29, 1.82) is 0 Å². The minimum absolute atomic E-state index is 0.218. The van der Waals surface area contributed by atoms with E-state index in [9.17, 15) is 9.59 Å². The third kappa shape index (κ3) is 5.04. The van der Waals surface area contributed by atoms with Crippen molar-refractivity contribution in [2.24, 2.45) is 0 Å². The van der Waals surface area contributed by atoms with Crippen LogP contribution in [0, 0.1) is 0 Å². The Morgan fingerprint density at radius 1 is 0.906 bits per heavy atom. The third-order valence-electron chi connectivity index (χ3n) is 4.63. The summed E-state index contributed by atoms with van der Waals surface area (Å²) < 4.78 is 11.2. The van der Waals surface area contributed by atoms with Crippen LogP contribution in [0.4, 0.5) is 11.4 Å². The number of carbonyl (C=O) groups is 2. The molecule has 2 amide bonds. The van der Waals surface area contributed by atoms with E-state index in [0.717, 1.165) is 5.39 Å². The second-order valence-corrected chi connectivity index (χ2v) is 7.85. The maximum atomic E-state index is 12.4. The summed E-state index contributed by atoms with van der Waals surface area (Å²) in [7, 11) is 0. The molecule has 0 saturated carbocycles. The second kappa shape index (κ2) is 9.34. The lowest BCUT2D eigenvalue weighted by molar-refractivity contribution is -0.122. The Balaban J connectivity index is 1.35. The number of halogens is 2. The number of fused-ring (bicyclic) bond motifs is 1. The zero-order chi connectivity index (χ0) is 22.7. The number of amides is 2. The molecule has 0 unspecified atom stereocenters. The van der Waals surface area contributed by atoms with Gasteiger partial charge in [0, 0.05) is 21.8 Å². The van der Waals surface area contributed by atoms with E-state index in [1.54, 1.807) is 61.5 Å². The topological polar surface area (TPSA) is 80.6 Å². The highest BCUT2D eigenvalue weighted by atomic mass is 35.5. The normalized spacial score (nSPS) is 11.7. The number of hydrogen-bond donors (Lipinski definition) is 2. The van der Waals surface area contributed by atoms with Gasteiger partial charge < -0.3 is 19.8 Å². The molecule has 162 valence electrons. The summed E-state index contributed by atoms with van der Waals surface area (Å²) in [5, 5.41) is 7.18. The smallest absolute Gasteiger partial charge is 0.291 e. The molecular formula is C24H18Cl2N2O4. The molecule has 0 bridgehead atoms. The predicted molar refractivity (Wildman–Crippen MR) is 126 cm³/mol. The number of hydrogen-bond acceptors (Lipinski definition) is 4. The van der Waals surface area contributed by atoms with Crippen LogP contribution < -0.4 is 15.4 Å². The van der Waals surface area contributed by atoms with Crippen LogP contribution in [0.1, 0.15) is 17.5 Å². The van der Waals surface area contributed by atoms with E-state index < -0.39 is 6.10 Å². The summed E-state index contributed by atoms with van der Waals surface area (Å²) in [6.07, 6.45) is -0.791. The van der Waals surface area contributed by atoms with Crippen LogP contribution in [-0.2, 0) is 4.79 Å². The summed E-state index contributed by atoms with van der Waals surface area (Å²) in [5.74, 6) is -0.132. The molecule has 0 aliphatic rings. The molecule has 32 heavy (non-hydrogen) atoms. The Kier molecular flexibility index (Phi) is 6.35. The maximum absolute atomic E-state index is 12.4. The van der Waals surface area contributed by atoms with Crippen LogP contribution >= 0.6 is 23.2 Å². The van der Waals surface area contributed by atoms with Gasteiger partial charge in [0.1, 0.15) is 11.3 Å². The van der Waals surface area contributed by atoms with Gasteiger partial charge in [-0.2, -0.15) is 0 Å². The van der Waals surface area contributed by atoms with E-state index in [1.165, 1.54) is 0 Å². The first-order chi connectivity index (χ1) is 15.4. The number of furan rings is 1. The zero-order valence-corrected chi connectivity index (χ0v) is 18.4. The monoisotopic (exact) mass is 468 g/mol. The van der Waals surface area contributed by atoms with E-state index in [4.69, 9.17) is 32.4 Å². The summed E-state index contributed by atoms with van der Waals surface area (Å²) >= 11 is 12.0. The standard InChI is InChI=1S/C24H18Cl2N2O4/c1-14(31-21-11-6-16(25)13-19(21)26)23(29)27-17-7-9-18(10-8-17)28-24(30)22-12-15-4-2-3-5-20(15)32-22/h2-14H,1H3,(H,27,29)(H,28,30)/t14-/m1/s1. The first-order valence-electron chi connectivity index (χ1n) is 9.71. The molecule has 0 aliphatic carbocycles. The molecule has 0 spiro atoms. The number of para-hydroxylation sites is 1. The van der Waals surface area contributed by atoms with Gasteiger partial charge in [-0.3, -0.25) is 9.59 Å². The van der Waals surface area contributed by atoms with Crippen LogP contribution in [0.25, 0.3) is 11.0 Å². The molecule has 3 aromatic carbocycles. The van der Waals surface area contributed by atoms with Gasteiger partial charge in [-0.1, -0.05) is 41.4 Å². The number of anilines is 2. The molecule has 0 saturated heterocycles. The number of benzene rings is 3. The minimum Gasteiger partial charge on any atom is -0.479 e. The number of rotatable bonds is 6. The Hall–Kier alpha value is -3.48. The summed E-state index contributed by atoms with van der Waals surface area (Å²) in [5.41, 5.74) is 1.76. The van der Waals surface area contributed by atoms with Crippen molar-refractivity contribution in [2.75, 3.05) is 10.6 Å². The zero-order valence-electron chi connectivity index (χ0n) is 16.9. The van der Waals surface area contributed by atoms with Gasteiger partial charge in [0.15, 0.2) is 11.9 Å². The fraction of sp³-hybridized carbons (Fsp3) is 0.0833. The van der Waals surface area contributed by atoms with E-state index in [2.05, 4.69) is 10.6 Å². The van der Waals surface area contributed by atoms with Gasteiger partial charge in [0.2, 0.25) is 0 Å². The first kappa shape index (κ1) is 21.7. The molecule has 6 nitrogen and oxygen atoms in total. The van der Waals surface area contributed by atoms with Crippen molar-refractivity contribution in [3.8, 4) is 5.75 Å². The molecule has 1 heterocycles. The Morgan fingerprint density at radius 2 is 1.59 bits per heavy atom. The molecule has 4 aromatic rings. The first-order valence-corrected chi connectivity index (χ1v) is 10.5. The quantitative estimate of drug-likeness (QED) is 0.343. The van der Waals surface area contributed by atoms with Gasteiger partial charge in [0.25, 0.3) is 11.8 Å². The molecule has 0 fully saturated rings. The van der Waals surface area contributed by atoms with Crippen LogP contribution in [0.5, 0.6) is 5.75 Å². The molecule has 1 atom stereocenters. The lowest BCUT2D eigenvalue weighted by Gasteiger charge is -2.16. The van der Waals surface area contributed by atoms with Crippen molar-refractivity contribution in [3.63, 3.8) is 0 Å². The molecule has 1 aromatic heterocycles. The lowest BCUT2D eigenvalue weighted by Crippen LogP contribution is -2.30. The average Bonchev–Trinajstić information content (AvgIpc) is 3.21. The molecular weight excluding hydrogens is 451 g/mol. The third-order valence-corrected chi connectivity index (χ3v) is 5.16. The highest BCUT2D eigenvalue weighted by Crippen LogP contribution is 2.28. The largest absolute Gasteiger partial charge is 0.479 e. The van der Waals surface area contributed by atoms with E-state index in [1.807, 2.05) is 18.2 Å². The van der Waals surface area contributed by atoms with E-state index >= 15 is 0 Å². The maximum Gasteiger partial charge on any atom is 0.291 e. The highest BCUT2D eigenvalue weighted by Gasteiger charge is 2.17. The Morgan fingerprint density at radius 3 is 2.28 bits per heavy atom. The summed E-state index contributed by atoms with van der Waals surface area (Å²) in [6, 6.07) is 20.6. The lowest BCUT2D eigenvalue weighted by atomic mass is 10.2.